The summed E-state index contributed by atoms with van der Waals surface area (Å²) in [7, 11) is 0. The number of phenolic OH excluding ortho intramolecular Hbond substituents is 1. The molecule has 1 aromatic rings. The number of aliphatic hydroxyl groups excluding tert-OH is 1. The molecule has 0 radical (unpaired) electrons. The molecule has 0 saturated heterocycles. The van der Waals surface area contributed by atoms with E-state index in [0.717, 1.165) is 23.1 Å². The first-order valence-corrected chi connectivity index (χ1v) is 4.79. The molecule has 0 heterocycles. The summed E-state index contributed by atoms with van der Waals surface area (Å²) in [6.07, 6.45) is 0.761. The summed E-state index contributed by atoms with van der Waals surface area (Å²) in [5.41, 5.74) is 8.43. The first-order chi connectivity index (χ1) is 6.60. The van der Waals surface area contributed by atoms with Crippen molar-refractivity contribution < 1.29 is 10.2 Å². The fourth-order valence-electron chi connectivity index (χ4n) is 1.54. The summed E-state index contributed by atoms with van der Waals surface area (Å²) in [5.74, 6) is 0.305. The highest BCUT2D eigenvalue weighted by molar-refractivity contribution is 5.42. The smallest absolute Gasteiger partial charge is 0.119 e. The largest absolute Gasteiger partial charge is 0.508 e. The van der Waals surface area contributed by atoms with E-state index in [2.05, 4.69) is 0 Å². The van der Waals surface area contributed by atoms with Gasteiger partial charge in [-0.3, -0.25) is 0 Å². The van der Waals surface area contributed by atoms with E-state index in [4.69, 9.17) is 10.8 Å². The van der Waals surface area contributed by atoms with E-state index < -0.39 is 0 Å². The van der Waals surface area contributed by atoms with Crippen LogP contribution in [0.15, 0.2) is 12.1 Å². The zero-order valence-electron chi connectivity index (χ0n) is 8.62. The number of aryl methyl sites for hydroxylation is 2. The molecule has 0 spiro atoms. The van der Waals surface area contributed by atoms with Gasteiger partial charge in [-0.05, 0) is 36.1 Å². The number of rotatable bonds is 3. The summed E-state index contributed by atoms with van der Waals surface area (Å²) in [6.45, 7) is 3.78. The monoisotopic (exact) mass is 195 g/mol. The van der Waals surface area contributed by atoms with Crippen LogP contribution in [-0.2, 0) is 6.42 Å². The lowest BCUT2D eigenvalue weighted by atomic mass is 9.97. The van der Waals surface area contributed by atoms with E-state index >= 15 is 0 Å². The minimum absolute atomic E-state index is 0.0746. The van der Waals surface area contributed by atoms with Gasteiger partial charge in [0.1, 0.15) is 5.75 Å². The highest BCUT2D eigenvalue weighted by atomic mass is 16.3. The molecule has 0 saturated carbocycles. The maximum atomic E-state index is 9.57. The molecule has 1 rings (SSSR count). The van der Waals surface area contributed by atoms with Gasteiger partial charge in [-0.1, -0.05) is 13.0 Å². The lowest BCUT2D eigenvalue weighted by Crippen LogP contribution is -2.16. The van der Waals surface area contributed by atoms with E-state index in [-0.39, 0.29) is 12.6 Å². The maximum Gasteiger partial charge on any atom is 0.119 e. The molecule has 0 aliphatic heterocycles. The zero-order valence-corrected chi connectivity index (χ0v) is 8.62. The van der Waals surface area contributed by atoms with Gasteiger partial charge in [0, 0.05) is 0 Å². The van der Waals surface area contributed by atoms with Crippen molar-refractivity contribution in [1.82, 2.24) is 0 Å². The third kappa shape index (κ3) is 2.05. The second-order valence-electron chi connectivity index (χ2n) is 3.48. The van der Waals surface area contributed by atoms with Crippen molar-refractivity contribution >= 4 is 0 Å². The topological polar surface area (TPSA) is 66.5 Å². The average Bonchev–Trinajstić information content (AvgIpc) is 2.17. The lowest BCUT2D eigenvalue weighted by Gasteiger charge is -2.14. The van der Waals surface area contributed by atoms with Gasteiger partial charge in [0.2, 0.25) is 0 Å². The standard InChI is InChI=1S/C11H17NO2/c1-3-8-5-9(10(12)6-13)7(2)4-11(8)14/h4-5,10,13-14H,3,6,12H2,1-2H3. The normalized spacial score (nSPS) is 12.9. The van der Waals surface area contributed by atoms with Crippen LogP contribution in [0.1, 0.15) is 29.7 Å². The van der Waals surface area contributed by atoms with Crippen LogP contribution in [0.3, 0.4) is 0 Å². The quantitative estimate of drug-likeness (QED) is 0.680. The first kappa shape index (κ1) is 11.0. The van der Waals surface area contributed by atoms with Crippen LogP contribution < -0.4 is 5.73 Å². The molecule has 0 aliphatic carbocycles. The van der Waals surface area contributed by atoms with Crippen molar-refractivity contribution in [2.45, 2.75) is 26.3 Å². The lowest BCUT2D eigenvalue weighted by molar-refractivity contribution is 0.267. The van der Waals surface area contributed by atoms with Crippen LogP contribution in [0, 0.1) is 6.92 Å². The molecule has 1 unspecified atom stereocenters. The second-order valence-corrected chi connectivity index (χ2v) is 3.48. The minimum atomic E-state index is -0.360. The Labute approximate surface area is 84.2 Å². The van der Waals surface area contributed by atoms with Crippen molar-refractivity contribution in [1.29, 1.82) is 0 Å². The van der Waals surface area contributed by atoms with E-state index in [1.165, 1.54) is 0 Å². The SMILES string of the molecule is CCc1cc(C(N)CO)c(C)cc1O. The van der Waals surface area contributed by atoms with Crippen LogP contribution >= 0.6 is 0 Å². The Balaban J connectivity index is 3.17. The molecular weight excluding hydrogens is 178 g/mol. The predicted molar refractivity (Wildman–Crippen MR) is 56.2 cm³/mol. The molecule has 0 bridgehead atoms. The summed E-state index contributed by atoms with van der Waals surface area (Å²) in [4.78, 5) is 0. The van der Waals surface area contributed by atoms with Crippen LogP contribution in [0.2, 0.25) is 0 Å². The van der Waals surface area contributed by atoms with Gasteiger partial charge in [-0.15, -0.1) is 0 Å². The Morgan fingerprint density at radius 2 is 2.07 bits per heavy atom. The highest BCUT2D eigenvalue weighted by Crippen LogP contribution is 2.25. The number of aromatic hydroxyl groups is 1. The molecule has 1 aromatic carbocycles. The molecule has 0 aliphatic rings. The van der Waals surface area contributed by atoms with E-state index in [0.29, 0.717) is 5.75 Å². The number of nitrogens with two attached hydrogens (primary N) is 1. The maximum absolute atomic E-state index is 9.57. The van der Waals surface area contributed by atoms with Crippen molar-refractivity contribution in [3.8, 4) is 5.75 Å². The predicted octanol–water partition coefficient (Wildman–Crippen LogP) is 1.26. The summed E-state index contributed by atoms with van der Waals surface area (Å²) in [5, 5.41) is 18.5. The fraction of sp³-hybridized carbons (Fsp3) is 0.455. The highest BCUT2D eigenvalue weighted by Gasteiger charge is 2.10. The third-order valence-electron chi connectivity index (χ3n) is 2.44. The Kier molecular flexibility index (Phi) is 3.49. The Bertz CT molecular complexity index is 323. The Morgan fingerprint density at radius 1 is 1.43 bits per heavy atom. The van der Waals surface area contributed by atoms with Gasteiger partial charge in [-0.25, -0.2) is 0 Å². The average molecular weight is 195 g/mol. The van der Waals surface area contributed by atoms with Gasteiger partial charge in [0.05, 0.1) is 12.6 Å². The molecule has 14 heavy (non-hydrogen) atoms. The van der Waals surface area contributed by atoms with Gasteiger partial charge < -0.3 is 15.9 Å². The molecule has 3 nitrogen and oxygen atoms in total. The summed E-state index contributed by atoms with van der Waals surface area (Å²) < 4.78 is 0. The molecular formula is C11H17NO2. The van der Waals surface area contributed by atoms with E-state index in [1.807, 2.05) is 19.9 Å². The Hall–Kier alpha value is -1.06. The molecule has 78 valence electrons. The minimum Gasteiger partial charge on any atom is -0.508 e. The van der Waals surface area contributed by atoms with Crippen molar-refractivity contribution in [2.24, 2.45) is 5.73 Å². The van der Waals surface area contributed by atoms with Gasteiger partial charge in [0.25, 0.3) is 0 Å². The second kappa shape index (κ2) is 4.44. The molecule has 1 atom stereocenters. The number of benzene rings is 1. The van der Waals surface area contributed by atoms with Crippen LogP contribution in [0.5, 0.6) is 5.75 Å². The van der Waals surface area contributed by atoms with Gasteiger partial charge in [-0.2, -0.15) is 0 Å². The number of aliphatic hydroxyl groups is 1. The number of hydrogen-bond acceptors (Lipinski definition) is 3. The summed E-state index contributed by atoms with van der Waals surface area (Å²) >= 11 is 0. The van der Waals surface area contributed by atoms with Crippen LogP contribution in [0.4, 0.5) is 0 Å². The molecule has 0 aromatic heterocycles. The van der Waals surface area contributed by atoms with Gasteiger partial charge >= 0.3 is 0 Å². The zero-order chi connectivity index (χ0) is 10.7. The van der Waals surface area contributed by atoms with Crippen molar-refractivity contribution in [3.05, 3.63) is 28.8 Å². The number of phenols is 1. The van der Waals surface area contributed by atoms with E-state index in [1.54, 1.807) is 6.07 Å². The van der Waals surface area contributed by atoms with Crippen LogP contribution in [0.25, 0.3) is 0 Å². The summed E-state index contributed by atoms with van der Waals surface area (Å²) in [6, 6.07) is 3.20. The third-order valence-corrected chi connectivity index (χ3v) is 2.44. The van der Waals surface area contributed by atoms with Crippen molar-refractivity contribution in [3.63, 3.8) is 0 Å². The first-order valence-electron chi connectivity index (χ1n) is 4.79. The van der Waals surface area contributed by atoms with Crippen LogP contribution in [-0.4, -0.2) is 16.8 Å². The van der Waals surface area contributed by atoms with Gasteiger partial charge in [0.15, 0.2) is 0 Å². The van der Waals surface area contributed by atoms with Crippen molar-refractivity contribution in [2.75, 3.05) is 6.61 Å². The molecule has 4 N–H and O–H groups in total. The molecule has 3 heteroatoms. The molecule has 0 fully saturated rings. The Morgan fingerprint density at radius 3 is 2.57 bits per heavy atom. The number of hydrogen-bond donors (Lipinski definition) is 3. The fourth-order valence-corrected chi connectivity index (χ4v) is 1.54. The molecule has 0 amide bonds. The van der Waals surface area contributed by atoms with E-state index in [9.17, 15) is 5.11 Å².